The quantitative estimate of drug-likeness (QED) is 0.737. The first kappa shape index (κ1) is 19.2. The monoisotopic (exact) mass is 365 g/mol. The second-order valence-electron chi connectivity index (χ2n) is 5.34. The summed E-state index contributed by atoms with van der Waals surface area (Å²) in [5.41, 5.74) is 0.755. The topological polar surface area (TPSA) is 84.9 Å². The molecular weight excluding hydrogens is 348 g/mol. The van der Waals surface area contributed by atoms with E-state index in [0.717, 1.165) is 12.1 Å². The second kappa shape index (κ2) is 8.80. The lowest BCUT2D eigenvalue weighted by Gasteiger charge is -2.08. The highest BCUT2D eigenvalue weighted by atomic mass is 19.2. The third-order valence-electron chi connectivity index (χ3n) is 3.43. The maximum absolute atomic E-state index is 13.0. The van der Waals surface area contributed by atoms with Gasteiger partial charge in [0.05, 0.1) is 7.11 Å². The fourth-order valence-corrected chi connectivity index (χ4v) is 2.13. The Morgan fingerprint density at radius 3 is 2.54 bits per heavy atom. The van der Waals surface area contributed by atoms with Gasteiger partial charge < -0.3 is 19.9 Å². The number of phenolic OH excluding ortho intramolecular Hbond substituents is 1. The summed E-state index contributed by atoms with van der Waals surface area (Å²) in [5.74, 6) is -3.12. The molecule has 0 saturated carbocycles. The number of aromatic hydroxyl groups is 1. The number of nitrogens with one attached hydrogen (secondary N) is 1. The number of methoxy groups -OCH3 is 1. The van der Waals surface area contributed by atoms with Crippen LogP contribution in [0.4, 0.5) is 14.5 Å². The van der Waals surface area contributed by atoms with Crippen molar-refractivity contribution in [3.05, 3.63) is 53.6 Å². The highest BCUT2D eigenvalue weighted by Gasteiger charge is 2.11. The van der Waals surface area contributed by atoms with E-state index >= 15 is 0 Å². The molecule has 0 bridgehead atoms. The van der Waals surface area contributed by atoms with Gasteiger partial charge >= 0.3 is 5.97 Å². The molecule has 6 nitrogen and oxygen atoms in total. The molecule has 2 rings (SSSR count). The van der Waals surface area contributed by atoms with E-state index in [1.165, 1.54) is 19.2 Å². The highest BCUT2D eigenvalue weighted by molar-refractivity contribution is 5.92. The maximum atomic E-state index is 13.0. The third kappa shape index (κ3) is 5.44. The molecule has 2 aromatic carbocycles. The van der Waals surface area contributed by atoms with Crippen LogP contribution in [-0.2, 0) is 20.7 Å². The van der Waals surface area contributed by atoms with Gasteiger partial charge in [0.15, 0.2) is 29.7 Å². The zero-order valence-electron chi connectivity index (χ0n) is 13.9. The van der Waals surface area contributed by atoms with Crippen LogP contribution in [0.15, 0.2) is 36.4 Å². The van der Waals surface area contributed by atoms with Crippen LogP contribution < -0.4 is 10.1 Å². The molecule has 0 fully saturated rings. The van der Waals surface area contributed by atoms with Crippen molar-refractivity contribution < 1.29 is 33.0 Å². The molecule has 2 aromatic rings. The van der Waals surface area contributed by atoms with Crippen LogP contribution in [0.25, 0.3) is 0 Å². The van der Waals surface area contributed by atoms with Crippen molar-refractivity contribution in [1.29, 1.82) is 0 Å². The molecule has 0 heterocycles. The second-order valence-corrected chi connectivity index (χ2v) is 5.34. The third-order valence-corrected chi connectivity index (χ3v) is 3.43. The normalized spacial score (nSPS) is 10.3. The number of hydrogen-bond donors (Lipinski definition) is 2. The molecule has 26 heavy (non-hydrogen) atoms. The predicted octanol–water partition coefficient (Wildman–Crippen LogP) is 2.79. The van der Waals surface area contributed by atoms with Gasteiger partial charge in [-0.1, -0.05) is 6.07 Å². The van der Waals surface area contributed by atoms with E-state index in [1.54, 1.807) is 12.1 Å². The number of aryl methyl sites for hydroxylation is 1. The van der Waals surface area contributed by atoms with Gasteiger partial charge in [0, 0.05) is 18.2 Å². The summed E-state index contributed by atoms with van der Waals surface area (Å²) in [6, 6.07) is 7.63. The zero-order chi connectivity index (χ0) is 19.1. The first-order valence-corrected chi connectivity index (χ1v) is 7.65. The largest absolute Gasteiger partial charge is 0.504 e. The molecule has 0 aliphatic heterocycles. The summed E-state index contributed by atoms with van der Waals surface area (Å²) in [6.45, 7) is -0.550. The molecule has 2 N–H and O–H groups in total. The number of halogens is 2. The Balaban J connectivity index is 1.76. The lowest BCUT2D eigenvalue weighted by molar-refractivity contribution is -0.147. The summed E-state index contributed by atoms with van der Waals surface area (Å²) < 4.78 is 35.6. The van der Waals surface area contributed by atoms with Crippen LogP contribution in [0.5, 0.6) is 11.5 Å². The number of ether oxygens (including phenoxy) is 2. The number of esters is 1. The van der Waals surface area contributed by atoms with Gasteiger partial charge in [-0.2, -0.15) is 0 Å². The molecular formula is C18H17F2NO5. The predicted molar refractivity (Wildman–Crippen MR) is 88.9 cm³/mol. The molecule has 0 saturated heterocycles. The fraction of sp³-hybridized carbons (Fsp3) is 0.222. The van der Waals surface area contributed by atoms with Crippen molar-refractivity contribution in [1.82, 2.24) is 0 Å². The molecule has 8 heteroatoms. The van der Waals surface area contributed by atoms with Gasteiger partial charge in [0.25, 0.3) is 5.91 Å². The minimum absolute atomic E-state index is 0.00419. The molecule has 0 aromatic heterocycles. The Bertz CT molecular complexity index is 810. The molecule has 0 spiro atoms. The van der Waals surface area contributed by atoms with Crippen LogP contribution in [0.2, 0.25) is 0 Å². The van der Waals surface area contributed by atoms with Crippen molar-refractivity contribution in [2.45, 2.75) is 12.8 Å². The maximum Gasteiger partial charge on any atom is 0.306 e. The number of phenols is 1. The molecule has 138 valence electrons. The number of benzene rings is 2. The van der Waals surface area contributed by atoms with Crippen LogP contribution in [0.3, 0.4) is 0 Å². The summed E-state index contributed by atoms with van der Waals surface area (Å²) in [7, 11) is 1.43. The standard InChI is InChI=1S/C18H17F2NO5/c1-25-16-6-2-11(8-15(16)22)3-7-18(24)26-10-17(23)21-12-4-5-13(19)14(20)9-12/h2,4-6,8-9,22H,3,7,10H2,1H3,(H,21,23). The molecule has 0 radical (unpaired) electrons. The van der Waals surface area contributed by atoms with Gasteiger partial charge in [0.1, 0.15) is 0 Å². The summed E-state index contributed by atoms with van der Waals surface area (Å²) in [5, 5.41) is 12.0. The first-order chi connectivity index (χ1) is 12.4. The Hall–Kier alpha value is -3.16. The minimum atomic E-state index is -1.09. The van der Waals surface area contributed by atoms with Crippen molar-refractivity contribution in [3.8, 4) is 11.5 Å². The van der Waals surface area contributed by atoms with Gasteiger partial charge in [0.2, 0.25) is 0 Å². The number of anilines is 1. The van der Waals surface area contributed by atoms with Gasteiger partial charge in [-0.3, -0.25) is 9.59 Å². The SMILES string of the molecule is COc1ccc(CCC(=O)OCC(=O)Nc2ccc(F)c(F)c2)cc1O. The van der Waals surface area contributed by atoms with E-state index in [-0.39, 0.29) is 17.9 Å². The van der Waals surface area contributed by atoms with Crippen molar-refractivity contribution in [2.24, 2.45) is 0 Å². The number of amides is 1. The number of rotatable bonds is 7. The number of hydrogen-bond acceptors (Lipinski definition) is 5. The van der Waals surface area contributed by atoms with Crippen LogP contribution in [-0.4, -0.2) is 30.7 Å². The lowest BCUT2D eigenvalue weighted by Crippen LogP contribution is -2.21. The van der Waals surface area contributed by atoms with E-state index in [1.807, 2.05) is 0 Å². The van der Waals surface area contributed by atoms with Crippen molar-refractivity contribution in [2.75, 3.05) is 19.0 Å². The Labute approximate surface area is 148 Å². The van der Waals surface area contributed by atoms with Gasteiger partial charge in [-0.15, -0.1) is 0 Å². The summed E-state index contributed by atoms with van der Waals surface area (Å²) in [4.78, 5) is 23.3. The lowest BCUT2D eigenvalue weighted by atomic mass is 10.1. The van der Waals surface area contributed by atoms with Crippen LogP contribution in [0, 0.1) is 11.6 Å². The van der Waals surface area contributed by atoms with Crippen LogP contribution in [0.1, 0.15) is 12.0 Å². The molecule has 0 atom stereocenters. The average Bonchev–Trinajstić information content (AvgIpc) is 2.61. The average molecular weight is 365 g/mol. The van der Waals surface area contributed by atoms with Gasteiger partial charge in [-0.25, -0.2) is 8.78 Å². The molecule has 0 aliphatic rings. The van der Waals surface area contributed by atoms with E-state index < -0.39 is 30.1 Å². The van der Waals surface area contributed by atoms with Crippen molar-refractivity contribution >= 4 is 17.6 Å². The Kier molecular flexibility index (Phi) is 6.48. The number of carbonyl (C=O) groups excluding carboxylic acids is 2. The highest BCUT2D eigenvalue weighted by Crippen LogP contribution is 2.26. The van der Waals surface area contributed by atoms with E-state index in [0.29, 0.717) is 17.7 Å². The summed E-state index contributed by atoms with van der Waals surface area (Å²) in [6.07, 6.45) is 0.311. The molecule has 0 unspecified atom stereocenters. The first-order valence-electron chi connectivity index (χ1n) is 7.65. The van der Waals surface area contributed by atoms with Gasteiger partial charge in [-0.05, 0) is 36.2 Å². The smallest absolute Gasteiger partial charge is 0.306 e. The van der Waals surface area contributed by atoms with E-state index in [2.05, 4.69) is 5.32 Å². The van der Waals surface area contributed by atoms with Crippen molar-refractivity contribution in [3.63, 3.8) is 0 Å². The molecule has 0 aliphatic carbocycles. The van der Waals surface area contributed by atoms with Crippen LogP contribution >= 0.6 is 0 Å². The Morgan fingerprint density at radius 1 is 1.12 bits per heavy atom. The minimum Gasteiger partial charge on any atom is -0.504 e. The number of carbonyl (C=O) groups is 2. The Morgan fingerprint density at radius 2 is 1.88 bits per heavy atom. The van der Waals surface area contributed by atoms with E-state index in [4.69, 9.17) is 9.47 Å². The molecule has 1 amide bonds. The fourth-order valence-electron chi connectivity index (χ4n) is 2.13. The summed E-state index contributed by atoms with van der Waals surface area (Å²) >= 11 is 0. The zero-order valence-corrected chi connectivity index (χ0v) is 13.9. The van der Waals surface area contributed by atoms with E-state index in [9.17, 15) is 23.5 Å².